The van der Waals surface area contributed by atoms with Gasteiger partial charge in [0.25, 0.3) is 0 Å². The van der Waals surface area contributed by atoms with Crippen LogP contribution in [0, 0.1) is 0 Å². The minimum absolute atomic E-state index is 0.151. The van der Waals surface area contributed by atoms with Crippen LogP contribution < -0.4 is 5.32 Å². The Morgan fingerprint density at radius 3 is 2.88 bits per heavy atom. The molecule has 16 heavy (non-hydrogen) atoms. The highest BCUT2D eigenvalue weighted by Crippen LogP contribution is 2.14. The first-order valence-electron chi connectivity index (χ1n) is 5.28. The molecule has 0 unspecified atom stereocenters. The van der Waals surface area contributed by atoms with Crippen LogP contribution in [-0.4, -0.2) is 22.6 Å². The molecule has 0 amide bonds. The maximum atomic E-state index is 10.8. The first-order valence-corrected chi connectivity index (χ1v) is 5.66. The molecule has 0 saturated heterocycles. The number of carboxylic acids is 1. The number of nitrogens with zero attached hydrogens (tertiary/aromatic N) is 1. The van der Waals surface area contributed by atoms with Crippen molar-refractivity contribution in [1.82, 2.24) is 4.98 Å². The van der Waals surface area contributed by atoms with Gasteiger partial charge in [0.1, 0.15) is 11.0 Å². The van der Waals surface area contributed by atoms with Gasteiger partial charge in [0.2, 0.25) is 0 Å². The quantitative estimate of drug-likeness (QED) is 0.595. The van der Waals surface area contributed by atoms with Crippen molar-refractivity contribution >= 4 is 23.4 Å². The third-order valence-electron chi connectivity index (χ3n) is 2.13. The predicted molar refractivity (Wildman–Crippen MR) is 64.2 cm³/mol. The number of hydrogen-bond donors (Lipinski definition) is 2. The van der Waals surface area contributed by atoms with Gasteiger partial charge in [-0.15, -0.1) is 0 Å². The van der Waals surface area contributed by atoms with Crippen molar-refractivity contribution in [3.8, 4) is 0 Å². The van der Waals surface area contributed by atoms with Crippen molar-refractivity contribution in [3.63, 3.8) is 0 Å². The van der Waals surface area contributed by atoms with Gasteiger partial charge in [-0.25, -0.2) is 9.78 Å². The van der Waals surface area contributed by atoms with Crippen LogP contribution >= 0.6 is 11.6 Å². The highest BCUT2D eigenvalue weighted by molar-refractivity contribution is 6.29. The summed E-state index contributed by atoms with van der Waals surface area (Å²) in [6.07, 6.45) is 3.32. The van der Waals surface area contributed by atoms with E-state index in [4.69, 9.17) is 16.7 Å². The van der Waals surface area contributed by atoms with Crippen LogP contribution in [0.15, 0.2) is 12.1 Å². The summed E-state index contributed by atoms with van der Waals surface area (Å²) in [5, 5.41) is 12.1. The van der Waals surface area contributed by atoms with E-state index in [1.54, 1.807) is 0 Å². The van der Waals surface area contributed by atoms with E-state index >= 15 is 0 Å². The van der Waals surface area contributed by atoms with Gasteiger partial charge in [-0.1, -0.05) is 31.4 Å². The van der Waals surface area contributed by atoms with E-state index in [2.05, 4.69) is 17.2 Å². The average Bonchev–Trinajstić information content (AvgIpc) is 2.23. The monoisotopic (exact) mass is 242 g/mol. The Balaban J connectivity index is 2.62. The maximum absolute atomic E-state index is 10.8. The van der Waals surface area contributed by atoms with Crippen LogP contribution in [0.2, 0.25) is 5.15 Å². The van der Waals surface area contributed by atoms with Gasteiger partial charge in [0, 0.05) is 6.54 Å². The molecule has 88 valence electrons. The molecule has 1 aromatic rings. The smallest absolute Gasteiger partial charge is 0.335 e. The molecule has 0 radical (unpaired) electrons. The van der Waals surface area contributed by atoms with Gasteiger partial charge in [-0.05, 0) is 18.6 Å². The van der Waals surface area contributed by atoms with Crippen molar-refractivity contribution in [2.24, 2.45) is 0 Å². The SMILES string of the molecule is CCCCCNc1cc(C(=O)O)cc(Cl)n1. The molecule has 0 saturated carbocycles. The summed E-state index contributed by atoms with van der Waals surface area (Å²) in [7, 11) is 0. The molecule has 2 N–H and O–H groups in total. The molecule has 0 spiro atoms. The average molecular weight is 243 g/mol. The lowest BCUT2D eigenvalue weighted by atomic mass is 10.2. The third kappa shape index (κ3) is 4.06. The van der Waals surface area contributed by atoms with Gasteiger partial charge in [0.05, 0.1) is 5.56 Å². The number of aromatic carboxylic acids is 1. The van der Waals surface area contributed by atoms with E-state index in [0.29, 0.717) is 5.82 Å². The molecular weight excluding hydrogens is 228 g/mol. The largest absolute Gasteiger partial charge is 0.478 e. The van der Waals surface area contributed by atoms with E-state index in [-0.39, 0.29) is 10.7 Å². The zero-order valence-electron chi connectivity index (χ0n) is 9.16. The molecule has 0 atom stereocenters. The van der Waals surface area contributed by atoms with Crippen molar-refractivity contribution in [2.75, 3.05) is 11.9 Å². The normalized spacial score (nSPS) is 10.1. The molecule has 0 fully saturated rings. The molecule has 1 aromatic heterocycles. The summed E-state index contributed by atoms with van der Waals surface area (Å²) >= 11 is 5.72. The zero-order chi connectivity index (χ0) is 12.0. The van der Waals surface area contributed by atoms with Crippen molar-refractivity contribution in [3.05, 3.63) is 22.8 Å². The van der Waals surface area contributed by atoms with Gasteiger partial charge in [-0.2, -0.15) is 0 Å². The number of carboxylic acid groups (broad SMARTS) is 1. The lowest BCUT2D eigenvalue weighted by Gasteiger charge is -2.06. The van der Waals surface area contributed by atoms with E-state index in [1.807, 2.05) is 0 Å². The topological polar surface area (TPSA) is 62.2 Å². The predicted octanol–water partition coefficient (Wildman–Crippen LogP) is 3.04. The van der Waals surface area contributed by atoms with Gasteiger partial charge >= 0.3 is 5.97 Å². The number of anilines is 1. The minimum Gasteiger partial charge on any atom is -0.478 e. The van der Waals surface area contributed by atoms with Gasteiger partial charge < -0.3 is 10.4 Å². The molecule has 1 rings (SSSR count). The summed E-state index contributed by atoms with van der Waals surface area (Å²) in [5.74, 6) is -0.484. The summed E-state index contributed by atoms with van der Waals surface area (Å²) in [6.45, 7) is 2.90. The van der Waals surface area contributed by atoms with E-state index < -0.39 is 5.97 Å². The second kappa shape index (κ2) is 6.33. The maximum Gasteiger partial charge on any atom is 0.335 e. The first kappa shape index (κ1) is 12.8. The summed E-state index contributed by atoms with van der Waals surface area (Å²) in [6, 6.07) is 2.82. The number of aromatic nitrogens is 1. The molecule has 4 nitrogen and oxygen atoms in total. The van der Waals surface area contributed by atoms with Crippen LogP contribution in [0.1, 0.15) is 36.5 Å². The number of carbonyl (C=O) groups is 1. The van der Waals surface area contributed by atoms with Crippen LogP contribution in [-0.2, 0) is 0 Å². The Labute approximate surface area is 99.6 Å². The molecule has 0 aliphatic rings. The van der Waals surface area contributed by atoms with Crippen LogP contribution in [0.5, 0.6) is 0 Å². The van der Waals surface area contributed by atoms with Crippen LogP contribution in [0.4, 0.5) is 5.82 Å². The fourth-order valence-electron chi connectivity index (χ4n) is 1.30. The van der Waals surface area contributed by atoms with Crippen molar-refractivity contribution < 1.29 is 9.90 Å². The number of halogens is 1. The summed E-state index contributed by atoms with van der Waals surface area (Å²) < 4.78 is 0. The highest BCUT2D eigenvalue weighted by Gasteiger charge is 2.06. The van der Waals surface area contributed by atoms with Crippen molar-refractivity contribution in [2.45, 2.75) is 26.2 Å². The van der Waals surface area contributed by atoms with Gasteiger partial charge in [0.15, 0.2) is 0 Å². The van der Waals surface area contributed by atoms with E-state index in [1.165, 1.54) is 12.1 Å². The first-order chi connectivity index (χ1) is 7.63. The Hall–Kier alpha value is -1.29. The van der Waals surface area contributed by atoms with E-state index in [9.17, 15) is 4.79 Å². The number of rotatable bonds is 6. The number of nitrogens with one attached hydrogen (secondary N) is 1. The second-order valence-electron chi connectivity index (χ2n) is 3.50. The third-order valence-corrected chi connectivity index (χ3v) is 2.32. The zero-order valence-corrected chi connectivity index (χ0v) is 9.92. The lowest BCUT2D eigenvalue weighted by molar-refractivity contribution is 0.0697. The minimum atomic E-state index is -0.999. The number of pyridine rings is 1. The number of hydrogen-bond acceptors (Lipinski definition) is 3. The Morgan fingerprint density at radius 2 is 2.25 bits per heavy atom. The molecule has 0 aliphatic carbocycles. The molecule has 5 heteroatoms. The summed E-state index contributed by atoms with van der Waals surface area (Å²) in [4.78, 5) is 14.8. The lowest BCUT2D eigenvalue weighted by Crippen LogP contribution is -2.05. The highest BCUT2D eigenvalue weighted by atomic mass is 35.5. The molecule has 1 heterocycles. The molecule has 0 aromatic carbocycles. The fraction of sp³-hybridized carbons (Fsp3) is 0.455. The molecule has 0 bridgehead atoms. The van der Waals surface area contributed by atoms with E-state index in [0.717, 1.165) is 25.8 Å². The fourth-order valence-corrected chi connectivity index (χ4v) is 1.51. The Morgan fingerprint density at radius 1 is 1.50 bits per heavy atom. The van der Waals surface area contributed by atoms with Crippen LogP contribution in [0.3, 0.4) is 0 Å². The second-order valence-corrected chi connectivity index (χ2v) is 3.89. The molecule has 0 aliphatic heterocycles. The van der Waals surface area contributed by atoms with Gasteiger partial charge in [-0.3, -0.25) is 0 Å². The molecular formula is C11H15ClN2O2. The Bertz CT molecular complexity index is 369. The summed E-state index contributed by atoms with van der Waals surface area (Å²) in [5.41, 5.74) is 0.151. The standard InChI is InChI=1S/C11H15ClN2O2/c1-2-3-4-5-13-10-7-8(11(15)16)6-9(12)14-10/h6-7H,2-5H2,1H3,(H,13,14)(H,15,16). The van der Waals surface area contributed by atoms with Crippen molar-refractivity contribution in [1.29, 1.82) is 0 Å². The Kier molecular flexibility index (Phi) is 5.05. The number of unbranched alkanes of at least 4 members (excludes halogenated alkanes) is 2. The van der Waals surface area contributed by atoms with Crippen LogP contribution in [0.25, 0.3) is 0 Å².